The van der Waals surface area contributed by atoms with Crippen molar-refractivity contribution < 1.29 is 43.1 Å². The number of rotatable bonds is 2. The fourth-order valence-electron chi connectivity index (χ4n) is 4.85. The quantitative estimate of drug-likeness (QED) is 0.440. The van der Waals surface area contributed by atoms with E-state index in [2.05, 4.69) is 0 Å². The average Bonchev–Trinajstić information content (AvgIpc) is 2.60. The van der Waals surface area contributed by atoms with Crippen LogP contribution in [0.3, 0.4) is 0 Å². The number of aliphatic hydroxyl groups is 3. The maximum atomic E-state index is 13.2. The molecule has 3 aliphatic rings. The number of fused-ring (bicyclic) bond motifs is 3. The molecule has 9 heteroatoms. The molecule has 8 N–H and O–H groups in total. The van der Waals surface area contributed by atoms with Crippen LogP contribution in [0.5, 0.6) is 5.75 Å². The van der Waals surface area contributed by atoms with Crippen molar-refractivity contribution in [1.82, 2.24) is 0 Å². The highest BCUT2D eigenvalue weighted by atomic mass is 16.3. The zero-order valence-corrected chi connectivity index (χ0v) is 15.3. The minimum absolute atomic E-state index is 0. The molecule has 1 saturated carbocycles. The van der Waals surface area contributed by atoms with Crippen molar-refractivity contribution in [2.45, 2.75) is 25.9 Å². The number of aliphatic hydroxyl groups excluding tert-OH is 3. The molecule has 0 aliphatic heterocycles. The van der Waals surface area contributed by atoms with Gasteiger partial charge in [-0.2, -0.15) is 0 Å². The van der Waals surface area contributed by atoms with Gasteiger partial charge in [-0.15, -0.1) is 0 Å². The second kappa shape index (κ2) is 7.02. The van der Waals surface area contributed by atoms with E-state index in [0.29, 0.717) is 24.0 Å². The molecule has 1 aromatic carbocycles. The van der Waals surface area contributed by atoms with Crippen LogP contribution in [0.2, 0.25) is 0 Å². The fraction of sp³-hybridized carbons (Fsp3) is 0.350. The second-order valence-corrected chi connectivity index (χ2v) is 7.51. The first-order chi connectivity index (χ1) is 13.3. The zero-order valence-electron chi connectivity index (χ0n) is 15.3. The summed E-state index contributed by atoms with van der Waals surface area (Å²) in [6.07, 6.45) is 0.538. The van der Waals surface area contributed by atoms with E-state index < -0.39 is 52.3 Å². The topological polar surface area (TPSA) is 190 Å². The Morgan fingerprint density at radius 3 is 2.48 bits per heavy atom. The molecular weight excluding hydrogens is 382 g/mol. The maximum Gasteiger partial charge on any atom is 0.255 e. The number of hydrogen-bond acceptors (Lipinski definition) is 7. The minimum Gasteiger partial charge on any atom is -0.511 e. The lowest BCUT2D eigenvalue weighted by atomic mass is 9.61. The largest absolute Gasteiger partial charge is 0.511 e. The highest BCUT2D eigenvalue weighted by Gasteiger charge is 2.50. The van der Waals surface area contributed by atoms with Crippen molar-refractivity contribution in [3.63, 3.8) is 0 Å². The van der Waals surface area contributed by atoms with E-state index in [0.717, 1.165) is 0 Å². The molecule has 0 bridgehead atoms. The van der Waals surface area contributed by atoms with Crippen molar-refractivity contribution in [2.24, 2.45) is 23.5 Å². The van der Waals surface area contributed by atoms with Crippen LogP contribution in [-0.2, 0) is 27.4 Å². The standard InChI is InChI=1S/C20H19NO7.H2O.2H2/c21-20(28)16-12(24)5-9-3-8-4-10-7(6-22)1-2-11(23)15(10)18(26)13(8)17(25)14(9)19(16)27;;;/h1-2,8-9,14,22-23,26-27H,3-6H2,(H2,21,28);1H2;2*1H. The van der Waals surface area contributed by atoms with Gasteiger partial charge in [-0.3, -0.25) is 14.4 Å². The Bertz CT molecular complexity index is 1020. The Hall–Kier alpha value is -3.17. The van der Waals surface area contributed by atoms with Crippen LogP contribution in [0.15, 0.2) is 29.0 Å². The number of benzene rings is 1. The van der Waals surface area contributed by atoms with Gasteiger partial charge in [0.15, 0.2) is 11.6 Å². The molecule has 3 atom stereocenters. The summed E-state index contributed by atoms with van der Waals surface area (Å²) in [5, 5.41) is 41.0. The molecule has 0 heterocycles. The number of primary amides is 1. The van der Waals surface area contributed by atoms with Crippen LogP contribution in [-0.4, -0.2) is 43.4 Å². The summed E-state index contributed by atoms with van der Waals surface area (Å²) < 4.78 is 0. The van der Waals surface area contributed by atoms with Gasteiger partial charge in [-0.05, 0) is 41.9 Å². The van der Waals surface area contributed by atoms with Crippen molar-refractivity contribution >= 4 is 23.2 Å². The van der Waals surface area contributed by atoms with E-state index in [9.17, 15) is 34.8 Å². The minimum atomic E-state index is -1.13. The molecule has 1 aromatic rings. The van der Waals surface area contributed by atoms with Crippen LogP contribution in [0.4, 0.5) is 0 Å². The van der Waals surface area contributed by atoms with E-state index in [1.54, 1.807) is 6.07 Å². The van der Waals surface area contributed by atoms with Gasteiger partial charge >= 0.3 is 0 Å². The first kappa shape index (κ1) is 20.6. The van der Waals surface area contributed by atoms with Crippen LogP contribution in [0.1, 0.15) is 32.4 Å². The van der Waals surface area contributed by atoms with Crippen molar-refractivity contribution in [1.29, 1.82) is 0 Å². The van der Waals surface area contributed by atoms with Gasteiger partial charge in [0.2, 0.25) is 0 Å². The predicted octanol–water partition coefficient (Wildman–Crippen LogP) is 0.469. The summed E-state index contributed by atoms with van der Waals surface area (Å²) in [5.41, 5.74) is 5.86. The number of nitrogens with two attached hydrogens (primary N) is 1. The molecule has 9 nitrogen and oxygen atoms in total. The number of phenolic OH excluding ortho intramolecular Hbond substituents is 1. The second-order valence-electron chi connectivity index (χ2n) is 7.51. The summed E-state index contributed by atoms with van der Waals surface area (Å²) in [6, 6.07) is 2.89. The molecule has 0 radical (unpaired) electrons. The number of hydrogen-bond donors (Lipinski definition) is 5. The van der Waals surface area contributed by atoms with Gasteiger partial charge in [0, 0.05) is 14.8 Å². The number of phenols is 1. The van der Waals surface area contributed by atoms with Gasteiger partial charge in [-0.25, -0.2) is 0 Å². The molecule has 29 heavy (non-hydrogen) atoms. The lowest BCUT2D eigenvalue weighted by Gasteiger charge is -2.41. The third-order valence-electron chi connectivity index (χ3n) is 6.04. The Morgan fingerprint density at radius 1 is 1.17 bits per heavy atom. The van der Waals surface area contributed by atoms with Gasteiger partial charge in [-0.1, -0.05) is 6.07 Å². The normalized spacial score (nSPS) is 25.8. The predicted molar refractivity (Wildman–Crippen MR) is 104 cm³/mol. The molecule has 3 aliphatic carbocycles. The van der Waals surface area contributed by atoms with Gasteiger partial charge in [0.25, 0.3) is 5.91 Å². The van der Waals surface area contributed by atoms with Crippen molar-refractivity contribution in [2.75, 3.05) is 0 Å². The van der Waals surface area contributed by atoms with Crippen LogP contribution in [0, 0.1) is 17.8 Å². The Morgan fingerprint density at radius 2 is 1.86 bits per heavy atom. The molecule has 3 unspecified atom stereocenters. The van der Waals surface area contributed by atoms with Crippen molar-refractivity contribution in [3.8, 4) is 5.75 Å². The highest BCUT2D eigenvalue weighted by molar-refractivity contribution is 6.21. The molecule has 4 rings (SSSR count). The smallest absolute Gasteiger partial charge is 0.255 e. The van der Waals surface area contributed by atoms with Crippen LogP contribution in [0.25, 0.3) is 5.76 Å². The zero-order chi connectivity index (χ0) is 20.3. The third-order valence-corrected chi connectivity index (χ3v) is 6.04. The number of amides is 1. The number of carbonyl (C=O) groups is 3. The number of carbonyl (C=O) groups excluding carboxylic acids is 3. The summed E-state index contributed by atoms with van der Waals surface area (Å²) >= 11 is 0. The Balaban J connectivity index is 0.00000160. The molecule has 0 aromatic heterocycles. The average molecular weight is 407 g/mol. The number of allylic oxidation sites excluding steroid dienone is 2. The van der Waals surface area contributed by atoms with Gasteiger partial charge in [0.1, 0.15) is 22.8 Å². The number of Topliss-reactive ketones (excluding diaryl/α,β-unsaturated/α-hetero) is 2. The molecule has 0 spiro atoms. The van der Waals surface area contributed by atoms with Crippen LogP contribution < -0.4 is 5.73 Å². The number of aromatic hydroxyl groups is 1. The summed E-state index contributed by atoms with van der Waals surface area (Å²) in [4.78, 5) is 36.9. The Kier molecular flexibility index (Phi) is 4.97. The first-order valence-electron chi connectivity index (χ1n) is 8.94. The van der Waals surface area contributed by atoms with E-state index >= 15 is 0 Å². The van der Waals surface area contributed by atoms with E-state index in [1.807, 2.05) is 0 Å². The third kappa shape index (κ3) is 2.81. The van der Waals surface area contributed by atoms with E-state index in [-0.39, 0.29) is 38.2 Å². The first-order valence-corrected chi connectivity index (χ1v) is 8.94. The lowest BCUT2D eigenvalue weighted by molar-refractivity contribution is -0.127. The summed E-state index contributed by atoms with van der Waals surface area (Å²) in [7, 11) is 0. The van der Waals surface area contributed by atoms with Gasteiger partial charge in [0.05, 0.1) is 18.1 Å². The summed E-state index contributed by atoms with van der Waals surface area (Å²) in [6.45, 7) is -0.290. The molecule has 0 saturated heterocycles. The lowest BCUT2D eigenvalue weighted by Crippen LogP contribution is -2.44. The maximum absolute atomic E-state index is 13.2. The van der Waals surface area contributed by atoms with Crippen molar-refractivity contribution in [3.05, 3.63) is 45.7 Å². The SMILES string of the molecule is NC(=O)C1=C(O)C2C(=O)C3=C(O)c4c(O)ccc(CO)c4CC3CC2CC1=O.O.[HH].[HH]. The monoisotopic (exact) mass is 407 g/mol. The molecule has 1 amide bonds. The summed E-state index contributed by atoms with van der Waals surface area (Å²) in [5.74, 6) is -5.59. The highest BCUT2D eigenvalue weighted by Crippen LogP contribution is 2.50. The fourth-order valence-corrected chi connectivity index (χ4v) is 4.85. The number of ketones is 2. The molecule has 158 valence electrons. The molecule has 1 fully saturated rings. The Labute approximate surface area is 168 Å². The van der Waals surface area contributed by atoms with E-state index in [4.69, 9.17) is 5.73 Å². The molecular formula is C20H25NO8. The van der Waals surface area contributed by atoms with Gasteiger partial charge < -0.3 is 31.6 Å². The van der Waals surface area contributed by atoms with E-state index in [1.165, 1.54) is 6.07 Å². The van der Waals surface area contributed by atoms with Crippen LogP contribution >= 0.6 is 0 Å².